The highest BCUT2D eigenvalue weighted by atomic mass is 16.3. The van der Waals surface area contributed by atoms with E-state index in [-0.39, 0.29) is 11.8 Å². The van der Waals surface area contributed by atoms with Crippen LogP contribution in [0.3, 0.4) is 0 Å². The van der Waals surface area contributed by atoms with Crippen molar-refractivity contribution in [1.29, 1.82) is 0 Å². The maximum Gasteiger partial charge on any atom is 0.124 e. The topological polar surface area (TPSA) is 52.8 Å². The van der Waals surface area contributed by atoms with Gasteiger partial charge in [-0.25, -0.2) is 0 Å². The van der Waals surface area contributed by atoms with Crippen molar-refractivity contribution in [3.63, 3.8) is 0 Å². The van der Waals surface area contributed by atoms with E-state index in [9.17, 15) is 10.2 Å². The minimum atomic E-state index is -0.479. The van der Waals surface area contributed by atoms with Gasteiger partial charge in [-0.3, -0.25) is 4.99 Å². The smallest absolute Gasteiger partial charge is 0.124 e. The van der Waals surface area contributed by atoms with Crippen molar-refractivity contribution >= 4 is 6.21 Å². The number of nitrogens with zero attached hydrogens (tertiary/aromatic N) is 1. The normalized spacial score (nSPS) is 14.1. The average Bonchev–Trinajstić information content (AvgIpc) is 2.54. The van der Waals surface area contributed by atoms with Gasteiger partial charge in [0.05, 0.1) is 12.1 Å². The molecule has 22 heavy (non-hydrogen) atoms. The molecule has 2 N–H and O–H groups in total. The number of hydrogen-bond acceptors (Lipinski definition) is 3. The molecule has 2 aromatic rings. The summed E-state index contributed by atoms with van der Waals surface area (Å²) in [6, 6.07) is 16.9. The largest absolute Gasteiger partial charge is 0.507 e. The van der Waals surface area contributed by atoms with Crippen LogP contribution in [0.15, 0.2) is 59.6 Å². The number of aliphatic hydroxyl groups excluding tert-OH is 1. The van der Waals surface area contributed by atoms with Gasteiger partial charge in [-0.05, 0) is 30.5 Å². The molecule has 0 saturated carbocycles. The molecule has 0 fully saturated rings. The Hall–Kier alpha value is -2.13. The zero-order valence-electron chi connectivity index (χ0n) is 12.9. The van der Waals surface area contributed by atoms with E-state index in [1.807, 2.05) is 42.5 Å². The lowest BCUT2D eigenvalue weighted by Gasteiger charge is -2.19. The number of phenolic OH excluding ortho intramolecular Hbond substituents is 1. The van der Waals surface area contributed by atoms with E-state index < -0.39 is 6.10 Å². The molecular weight excluding hydrogens is 274 g/mol. The van der Waals surface area contributed by atoms with Crippen LogP contribution >= 0.6 is 0 Å². The van der Waals surface area contributed by atoms with Crippen LogP contribution in [-0.4, -0.2) is 28.6 Å². The number of benzene rings is 2. The fourth-order valence-electron chi connectivity index (χ4n) is 2.40. The molecule has 0 aromatic heterocycles. The highest BCUT2D eigenvalue weighted by molar-refractivity contribution is 5.83. The molecule has 3 heteroatoms. The fourth-order valence-corrected chi connectivity index (χ4v) is 2.40. The van der Waals surface area contributed by atoms with Gasteiger partial charge in [0.25, 0.3) is 0 Å². The molecule has 116 valence electrons. The van der Waals surface area contributed by atoms with Crippen LogP contribution in [0.4, 0.5) is 0 Å². The Bertz CT molecular complexity index is 595. The Morgan fingerprint density at radius 3 is 2.41 bits per heavy atom. The van der Waals surface area contributed by atoms with Crippen molar-refractivity contribution in [2.24, 2.45) is 4.99 Å². The maximum absolute atomic E-state index is 10.3. The van der Waals surface area contributed by atoms with Gasteiger partial charge in [0.15, 0.2) is 0 Å². The number of hydrogen-bond donors (Lipinski definition) is 2. The van der Waals surface area contributed by atoms with Crippen LogP contribution in [0.1, 0.15) is 30.9 Å². The monoisotopic (exact) mass is 297 g/mol. The van der Waals surface area contributed by atoms with E-state index in [2.05, 4.69) is 11.9 Å². The van der Waals surface area contributed by atoms with Gasteiger partial charge < -0.3 is 10.2 Å². The van der Waals surface area contributed by atoms with Crippen molar-refractivity contribution < 1.29 is 10.2 Å². The van der Waals surface area contributed by atoms with Crippen molar-refractivity contribution in [3.05, 3.63) is 65.7 Å². The third-order valence-corrected chi connectivity index (χ3v) is 3.66. The summed E-state index contributed by atoms with van der Waals surface area (Å²) in [5, 5.41) is 20.1. The second kappa shape index (κ2) is 8.35. The second-order valence-corrected chi connectivity index (χ2v) is 5.45. The molecular formula is C19H23NO2. The summed E-state index contributed by atoms with van der Waals surface area (Å²) in [7, 11) is 0. The number of para-hydroxylation sites is 1. The fraction of sp³-hybridized carbons (Fsp3) is 0.316. The summed E-state index contributed by atoms with van der Waals surface area (Å²) in [4.78, 5) is 4.53. The molecule has 0 spiro atoms. The van der Waals surface area contributed by atoms with E-state index >= 15 is 0 Å². The molecule has 0 saturated heterocycles. The third-order valence-electron chi connectivity index (χ3n) is 3.66. The highest BCUT2D eigenvalue weighted by Gasteiger charge is 2.17. The Morgan fingerprint density at radius 2 is 1.73 bits per heavy atom. The van der Waals surface area contributed by atoms with Crippen molar-refractivity contribution in [2.75, 3.05) is 0 Å². The van der Waals surface area contributed by atoms with Gasteiger partial charge in [0, 0.05) is 11.8 Å². The predicted molar refractivity (Wildman–Crippen MR) is 90.5 cm³/mol. The molecule has 0 aliphatic heterocycles. The zero-order chi connectivity index (χ0) is 15.8. The molecule has 0 aliphatic carbocycles. The van der Waals surface area contributed by atoms with Crippen molar-refractivity contribution in [2.45, 2.75) is 38.3 Å². The lowest BCUT2D eigenvalue weighted by Crippen LogP contribution is -2.26. The van der Waals surface area contributed by atoms with Crippen LogP contribution in [0.2, 0.25) is 0 Å². The molecule has 0 unspecified atom stereocenters. The van der Waals surface area contributed by atoms with Crippen LogP contribution in [-0.2, 0) is 6.42 Å². The number of rotatable bonds is 7. The SMILES string of the molecule is CCC[C@@H](O)[C@H](Cc1ccccc1)N=Cc1ccccc1O. The van der Waals surface area contributed by atoms with Gasteiger partial charge in [0.1, 0.15) is 5.75 Å². The van der Waals surface area contributed by atoms with Gasteiger partial charge in [-0.2, -0.15) is 0 Å². The van der Waals surface area contributed by atoms with Gasteiger partial charge in [0.2, 0.25) is 0 Å². The number of aromatic hydroxyl groups is 1. The van der Waals surface area contributed by atoms with E-state index in [1.165, 1.54) is 0 Å². The van der Waals surface area contributed by atoms with Gasteiger partial charge in [-0.15, -0.1) is 0 Å². The zero-order valence-corrected chi connectivity index (χ0v) is 12.9. The quantitative estimate of drug-likeness (QED) is 0.767. The van der Waals surface area contributed by atoms with E-state index in [1.54, 1.807) is 18.3 Å². The molecule has 2 aromatic carbocycles. The van der Waals surface area contributed by atoms with Gasteiger partial charge >= 0.3 is 0 Å². The minimum Gasteiger partial charge on any atom is -0.507 e. The van der Waals surface area contributed by atoms with E-state index in [4.69, 9.17) is 0 Å². The van der Waals surface area contributed by atoms with Crippen LogP contribution < -0.4 is 0 Å². The molecule has 3 nitrogen and oxygen atoms in total. The molecule has 0 aliphatic rings. The first-order chi connectivity index (χ1) is 10.7. The van der Waals surface area contributed by atoms with Crippen molar-refractivity contribution in [3.8, 4) is 5.75 Å². The third kappa shape index (κ3) is 4.71. The minimum absolute atomic E-state index is 0.203. The summed E-state index contributed by atoms with van der Waals surface area (Å²) in [5.41, 5.74) is 1.82. The van der Waals surface area contributed by atoms with E-state index in [0.29, 0.717) is 12.0 Å². The average molecular weight is 297 g/mol. The Balaban J connectivity index is 2.15. The summed E-state index contributed by atoms with van der Waals surface area (Å²) >= 11 is 0. The van der Waals surface area contributed by atoms with E-state index in [0.717, 1.165) is 18.4 Å². The lowest BCUT2D eigenvalue weighted by atomic mass is 9.99. The Morgan fingerprint density at radius 1 is 1.05 bits per heavy atom. The summed E-state index contributed by atoms with van der Waals surface area (Å²) in [5.74, 6) is 0.203. The molecule has 0 radical (unpaired) electrons. The van der Waals surface area contributed by atoms with Crippen LogP contribution in [0, 0.1) is 0 Å². The summed E-state index contributed by atoms with van der Waals surface area (Å²) in [6.45, 7) is 2.05. The van der Waals surface area contributed by atoms with Crippen LogP contribution in [0.5, 0.6) is 5.75 Å². The molecule has 2 atom stereocenters. The summed E-state index contributed by atoms with van der Waals surface area (Å²) < 4.78 is 0. The summed E-state index contributed by atoms with van der Waals surface area (Å²) in [6.07, 6.45) is 3.49. The lowest BCUT2D eigenvalue weighted by molar-refractivity contribution is 0.135. The maximum atomic E-state index is 10.3. The Kier molecular flexibility index (Phi) is 6.16. The van der Waals surface area contributed by atoms with Gasteiger partial charge in [-0.1, -0.05) is 55.8 Å². The second-order valence-electron chi connectivity index (χ2n) is 5.45. The standard InChI is InChI=1S/C19H23NO2/c1-2-8-19(22)17(13-15-9-4-3-5-10-15)20-14-16-11-6-7-12-18(16)21/h3-7,9-12,14,17,19,21-22H,2,8,13H2,1H3/t17-,19+/m0/s1. The van der Waals surface area contributed by atoms with Crippen molar-refractivity contribution in [1.82, 2.24) is 0 Å². The number of aliphatic hydroxyl groups is 1. The molecule has 0 bridgehead atoms. The molecule has 0 heterocycles. The molecule has 0 amide bonds. The first kappa shape index (κ1) is 16.2. The first-order valence-electron chi connectivity index (χ1n) is 7.74. The number of aliphatic imine (C=N–C) groups is 1. The first-order valence-corrected chi connectivity index (χ1v) is 7.74. The number of phenols is 1. The highest BCUT2D eigenvalue weighted by Crippen LogP contribution is 2.16. The molecule has 2 rings (SSSR count). The predicted octanol–water partition coefficient (Wildman–Crippen LogP) is 3.58. The van der Waals surface area contributed by atoms with Crippen LogP contribution in [0.25, 0.3) is 0 Å². The Labute approximate surface area is 132 Å².